The maximum atomic E-state index is 5.51. The van der Waals surface area contributed by atoms with Crippen LogP contribution in [0, 0.1) is 0 Å². The van der Waals surface area contributed by atoms with Gasteiger partial charge in [-0.25, -0.2) is 10.0 Å². The van der Waals surface area contributed by atoms with Crippen LogP contribution in [0.1, 0.15) is 6.42 Å². The van der Waals surface area contributed by atoms with Gasteiger partial charge in [-0.3, -0.25) is 0 Å². The molecular formula is C5H13NS. The van der Waals surface area contributed by atoms with E-state index in [-0.39, 0.29) is 10.0 Å². The lowest BCUT2D eigenvalue weighted by atomic mass is 10.5. The van der Waals surface area contributed by atoms with Crippen LogP contribution in [0.15, 0.2) is 0 Å². The minimum Gasteiger partial charge on any atom is -0.323 e. The Kier molecular flexibility index (Phi) is 1.30. The van der Waals surface area contributed by atoms with Crippen LogP contribution in [0.2, 0.25) is 0 Å². The van der Waals surface area contributed by atoms with E-state index < -0.39 is 0 Å². The lowest BCUT2D eigenvalue weighted by Gasteiger charge is -2.43. The first-order chi connectivity index (χ1) is 3.27. The van der Waals surface area contributed by atoms with E-state index >= 15 is 0 Å². The number of hydrogen-bond donors (Lipinski definition) is 1. The molecule has 7 heavy (non-hydrogen) atoms. The molecule has 0 amide bonds. The van der Waals surface area contributed by atoms with Crippen molar-refractivity contribution < 1.29 is 0 Å². The summed E-state index contributed by atoms with van der Waals surface area (Å²) in [5.41, 5.74) is 5.51. The minimum atomic E-state index is -0.199. The zero-order chi connectivity index (χ0) is 5.33. The van der Waals surface area contributed by atoms with Crippen molar-refractivity contribution in [2.24, 2.45) is 5.73 Å². The number of rotatable bonds is 1. The smallest absolute Gasteiger partial charge is 0.0233 e. The highest BCUT2D eigenvalue weighted by atomic mass is 32.3. The summed E-state index contributed by atoms with van der Waals surface area (Å²) in [6.07, 6.45) is 3.78. The molecule has 0 aliphatic carbocycles. The van der Waals surface area contributed by atoms with Gasteiger partial charge in [0.2, 0.25) is 0 Å². The Morgan fingerprint density at radius 2 is 2.14 bits per heavy atom. The molecule has 1 fully saturated rings. The van der Waals surface area contributed by atoms with Crippen molar-refractivity contribution in [1.29, 1.82) is 0 Å². The molecule has 1 heterocycles. The second kappa shape index (κ2) is 1.67. The van der Waals surface area contributed by atoms with Crippen LogP contribution in [0.3, 0.4) is 0 Å². The predicted molar refractivity (Wildman–Crippen MR) is 36.9 cm³/mol. The summed E-state index contributed by atoms with van der Waals surface area (Å²) in [6, 6.07) is 0. The maximum absolute atomic E-state index is 5.51. The first kappa shape index (κ1) is 5.45. The van der Waals surface area contributed by atoms with Gasteiger partial charge < -0.3 is 5.73 Å². The predicted octanol–water partition coefficient (Wildman–Crippen LogP) is 0.741. The van der Waals surface area contributed by atoms with E-state index in [1.165, 1.54) is 17.9 Å². The second-order valence-electron chi connectivity index (χ2n) is 2.41. The monoisotopic (exact) mass is 119 g/mol. The van der Waals surface area contributed by atoms with Gasteiger partial charge in [-0.05, 0) is 24.2 Å². The number of hydrogen-bond acceptors (Lipinski definition) is 1. The van der Waals surface area contributed by atoms with E-state index in [1.807, 2.05) is 0 Å². The molecule has 2 N–H and O–H groups in total. The van der Waals surface area contributed by atoms with E-state index in [2.05, 4.69) is 6.26 Å². The largest absolute Gasteiger partial charge is 0.323 e. The van der Waals surface area contributed by atoms with E-state index in [9.17, 15) is 0 Å². The van der Waals surface area contributed by atoms with E-state index in [0.29, 0.717) is 0 Å². The van der Waals surface area contributed by atoms with Crippen molar-refractivity contribution in [2.45, 2.75) is 6.42 Å². The average molecular weight is 119 g/mol. The van der Waals surface area contributed by atoms with Gasteiger partial charge >= 0.3 is 0 Å². The summed E-state index contributed by atoms with van der Waals surface area (Å²) >= 11 is 0. The summed E-state index contributed by atoms with van der Waals surface area (Å²) in [5.74, 6) is 3.83. The SMILES string of the molecule is CS1(CN)CCC1. The first-order valence-electron chi connectivity index (χ1n) is 2.68. The molecule has 1 aliphatic heterocycles. The van der Waals surface area contributed by atoms with Crippen LogP contribution in [-0.4, -0.2) is 23.6 Å². The zero-order valence-electron chi connectivity index (χ0n) is 4.81. The van der Waals surface area contributed by atoms with Crippen molar-refractivity contribution in [1.82, 2.24) is 0 Å². The van der Waals surface area contributed by atoms with E-state index in [0.717, 1.165) is 5.88 Å². The summed E-state index contributed by atoms with van der Waals surface area (Å²) in [7, 11) is -0.199. The normalized spacial score (nSPS) is 31.1. The quantitative estimate of drug-likeness (QED) is 0.541. The van der Waals surface area contributed by atoms with Gasteiger partial charge in [-0.15, -0.1) is 0 Å². The van der Waals surface area contributed by atoms with Gasteiger partial charge in [0.1, 0.15) is 0 Å². The van der Waals surface area contributed by atoms with Gasteiger partial charge in [-0.1, -0.05) is 0 Å². The molecular weight excluding hydrogens is 106 g/mol. The lowest BCUT2D eigenvalue weighted by Crippen LogP contribution is -2.26. The summed E-state index contributed by atoms with van der Waals surface area (Å²) in [4.78, 5) is 0. The summed E-state index contributed by atoms with van der Waals surface area (Å²) in [5, 5.41) is 0. The topological polar surface area (TPSA) is 26.0 Å². The highest BCUT2D eigenvalue weighted by Gasteiger charge is 2.23. The van der Waals surface area contributed by atoms with Gasteiger partial charge in [0.15, 0.2) is 0 Å². The van der Waals surface area contributed by atoms with Gasteiger partial charge in [-0.2, -0.15) is 0 Å². The Morgan fingerprint density at radius 3 is 2.14 bits per heavy atom. The fraction of sp³-hybridized carbons (Fsp3) is 1.00. The highest BCUT2D eigenvalue weighted by molar-refractivity contribution is 8.34. The molecule has 0 saturated carbocycles. The molecule has 0 aromatic carbocycles. The number of nitrogens with two attached hydrogens (primary N) is 1. The molecule has 1 aliphatic rings. The molecule has 0 atom stereocenters. The van der Waals surface area contributed by atoms with Crippen molar-refractivity contribution in [3.05, 3.63) is 0 Å². The Morgan fingerprint density at radius 1 is 1.57 bits per heavy atom. The molecule has 1 saturated heterocycles. The molecule has 0 aromatic heterocycles. The van der Waals surface area contributed by atoms with Crippen LogP contribution in [0.25, 0.3) is 0 Å². The molecule has 0 bridgehead atoms. The van der Waals surface area contributed by atoms with Crippen molar-refractivity contribution in [3.8, 4) is 0 Å². The fourth-order valence-electron chi connectivity index (χ4n) is 0.804. The van der Waals surface area contributed by atoms with Crippen molar-refractivity contribution in [3.63, 3.8) is 0 Å². The molecule has 44 valence electrons. The Balaban J connectivity index is 2.29. The molecule has 1 nitrogen and oxygen atoms in total. The van der Waals surface area contributed by atoms with Crippen molar-refractivity contribution in [2.75, 3.05) is 23.6 Å². The average Bonchev–Trinajstić information content (AvgIpc) is 1.61. The Bertz CT molecular complexity index is 63.0. The molecule has 0 spiro atoms. The highest BCUT2D eigenvalue weighted by Crippen LogP contribution is 2.51. The molecule has 0 aromatic rings. The second-order valence-corrected chi connectivity index (χ2v) is 6.51. The van der Waals surface area contributed by atoms with Crippen LogP contribution >= 0.6 is 10.0 Å². The maximum Gasteiger partial charge on any atom is 0.0233 e. The lowest BCUT2D eigenvalue weighted by molar-refractivity contribution is 1.01. The standard InChI is InChI=1S/C5H13NS/c1-7(5-6)3-2-4-7/h2-6H2,1H3. The molecule has 0 unspecified atom stereocenters. The zero-order valence-corrected chi connectivity index (χ0v) is 5.63. The molecule has 1 rings (SSSR count). The molecule has 0 radical (unpaired) electrons. The Labute approximate surface area is 46.6 Å². The van der Waals surface area contributed by atoms with Gasteiger partial charge in [0.05, 0.1) is 0 Å². The van der Waals surface area contributed by atoms with Crippen LogP contribution in [0.4, 0.5) is 0 Å². The first-order valence-corrected chi connectivity index (χ1v) is 5.23. The van der Waals surface area contributed by atoms with Crippen LogP contribution in [0.5, 0.6) is 0 Å². The van der Waals surface area contributed by atoms with Crippen molar-refractivity contribution >= 4 is 10.0 Å². The summed E-state index contributed by atoms with van der Waals surface area (Å²) in [6.45, 7) is 0. The third kappa shape index (κ3) is 0.916. The van der Waals surface area contributed by atoms with E-state index in [4.69, 9.17) is 5.73 Å². The Hall–Kier alpha value is 0.310. The van der Waals surface area contributed by atoms with E-state index in [1.54, 1.807) is 0 Å². The third-order valence-corrected chi connectivity index (χ3v) is 5.03. The van der Waals surface area contributed by atoms with Gasteiger partial charge in [0, 0.05) is 5.88 Å². The molecule has 2 heteroatoms. The van der Waals surface area contributed by atoms with Gasteiger partial charge in [0.25, 0.3) is 0 Å². The summed E-state index contributed by atoms with van der Waals surface area (Å²) < 4.78 is 0. The third-order valence-electron chi connectivity index (χ3n) is 1.68. The van der Waals surface area contributed by atoms with Crippen LogP contribution < -0.4 is 5.73 Å². The van der Waals surface area contributed by atoms with Crippen LogP contribution in [-0.2, 0) is 0 Å². The minimum absolute atomic E-state index is 0.199. The fourth-order valence-corrected chi connectivity index (χ4v) is 2.41.